The van der Waals surface area contributed by atoms with Crippen LogP contribution >= 0.6 is 0 Å². The molecule has 0 aliphatic carbocycles. The maximum absolute atomic E-state index is 12.6. The lowest BCUT2D eigenvalue weighted by atomic mass is 10.0. The summed E-state index contributed by atoms with van der Waals surface area (Å²) in [6.45, 7) is 4.76. The standard InChI is InChI=1S/C14H20F3NO/c1-4-7-18(9-14(15,16)17)11(3)12-8-10(2)5-6-13(12)19/h5-6,8,11,19H,4,7,9H2,1-3H3. The van der Waals surface area contributed by atoms with Crippen LogP contribution in [0.3, 0.4) is 0 Å². The third-order valence-electron chi connectivity index (χ3n) is 3.07. The molecule has 0 saturated carbocycles. The van der Waals surface area contributed by atoms with Gasteiger partial charge in [0.25, 0.3) is 0 Å². The first-order chi connectivity index (χ1) is 8.74. The van der Waals surface area contributed by atoms with Crippen LogP contribution in [0.1, 0.15) is 37.4 Å². The minimum absolute atomic E-state index is 0.0429. The van der Waals surface area contributed by atoms with Gasteiger partial charge in [0, 0.05) is 11.6 Å². The van der Waals surface area contributed by atoms with Gasteiger partial charge in [0.2, 0.25) is 0 Å². The predicted octanol–water partition coefficient (Wildman–Crippen LogP) is 4.04. The Morgan fingerprint density at radius 3 is 2.47 bits per heavy atom. The molecule has 0 radical (unpaired) electrons. The van der Waals surface area contributed by atoms with E-state index in [0.29, 0.717) is 18.5 Å². The van der Waals surface area contributed by atoms with Crippen molar-refractivity contribution in [3.63, 3.8) is 0 Å². The van der Waals surface area contributed by atoms with Crippen molar-refractivity contribution in [1.82, 2.24) is 4.90 Å². The van der Waals surface area contributed by atoms with E-state index in [-0.39, 0.29) is 5.75 Å². The molecule has 0 aliphatic rings. The van der Waals surface area contributed by atoms with E-state index in [2.05, 4.69) is 0 Å². The van der Waals surface area contributed by atoms with Crippen LogP contribution in [0.5, 0.6) is 5.75 Å². The zero-order chi connectivity index (χ0) is 14.6. The van der Waals surface area contributed by atoms with Crippen molar-refractivity contribution in [2.75, 3.05) is 13.1 Å². The molecule has 0 amide bonds. The van der Waals surface area contributed by atoms with Crippen molar-refractivity contribution in [3.8, 4) is 5.75 Å². The van der Waals surface area contributed by atoms with Crippen LogP contribution in [0.2, 0.25) is 0 Å². The summed E-state index contributed by atoms with van der Waals surface area (Å²) in [5.74, 6) is 0.0429. The van der Waals surface area contributed by atoms with E-state index in [1.807, 2.05) is 13.8 Å². The van der Waals surface area contributed by atoms with Gasteiger partial charge >= 0.3 is 6.18 Å². The van der Waals surface area contributed by atoms with Gasteiger partial charge in [-0.1, -0.05) is 24.6 Å². The zero-order valence-electron chi connectivity index (χ0n) is 11.5. The van der Waals surface area contributed by atoms with Crippen LogP contribution in [-0.4, -0.2) is 29.3 Å². The largest absolute Gasteiger partial charge is 0.508 e. The number of alkyl halides is 3. The fourth-order valence-corrected chi connectivity index (χ4v) is 2.13. The van der Waals surface area contributed by atoms with Crippen LogP contribution in [0.25, 0.3) is 0 Å². The first kappa shape index (κ1) is 15.8. The Morgan fingerprint density at radius 1 is 1.32 bits per heavy atom. The molecular formula is C14H20F3NO. The highest BCUT2D eigenvalue weighted by Crippen LogP contribution is 2.31. The number of halogens is 3. The van der Waals surface area contributed by atoms with Crippen LogP contribution < -0.4 is 0 Å². The van der Waals surface area contributed by atoms with Gasteiger partial charge in [0.05, 0.1) is 6.54 Å². The van der Waals surface area contributed by atoms with Crippen molar-refractivity contribution in [3.05, 3.63) is 29.3 Å². The van der Waals surface area contributed by atoms with E-state index in [1.54, 1.807) is 19.1 Å². The van der Waals surface area contributed by atoms with E-state index >= 15 is 0 Å². The van der Waals surface area contributed by atoms with Gasteiger partial charge < -0.3 is 5.11 Å². The number of nitrogens with zero attached hydrogens (tertiary/aromatic N) is 1. The van der Waals surface area contributed by atoms with E-state index in [9.17, 15) is 18.3 Å². The molecule has 5 heteroatoms. The summed E-state index contributed by atoms with van der Waals surface area (Å²) in [6, 6.07) is 4.53. The Hall–Kier alpha value is -1.23. The van der Waals surface area contributed by atoms with Crippen LogP contribution in [0.4, 0.5) is 13.2 Å². The molecule has 2 nitrogen and oxygen atoms in total. The fourth-order valence-electron chi connectivity index (χ4n) is 2.13. The molecule has 1 aromatic carbocycles. The Morgan fingerprint density at radius 2 is 1.95 bits per heavy atom. The minimum Gasteiger partial charge on any atom is -0.508 e. The number of aryl methyl sites for hydroxylation is 1. The van der Waals surface area contributed by atoms with E-state index in [4.69, 9.17) is 0 Å². The van der Waals surface area contributed by atoms with E-state index in [0.717, 1.165) is 5.56 Å². The normalized spacial score (nSPS) is 13.8. The summed E-state index contributed by atoms with van der Waals surface area (Å²) in [4.78, 5) is 1.34. The van der Waals surface area contributed by atoms with Crippen molar-refractivity contribution < 1.29 is 18.3 Å². The lowest BCUT2D eigenvalue weighted by molar-refractivity contribution is -0.150. The molecule has 0 aliphatic heterocycles. The Bertz CT molecular complexity index is 418. The van der Waals surface area contributed by atoms with Gasteiger partial charge in [0.15, 0.2) is 0 Å². The van der Waals surface area contributed by atoms with Crippen molar-refractivity contribution in [2.45, 2.75) is 39.4 Å². The monoisotopic (exact) mass is 275 g/mol. The number of phenols is 1. The lowest BCUT2D eigenvalue weighted by Gasteiger charge is -2.30. The van der Waals surface area contributed by atoms with Gasteiger partial charge in [-0.25, -0.2) is 0 Å². The molecule has 0 spiro atoms. The number of phenolic OH excluding ortho intramolecular Hbond substituents is 1. The molecule has 0 fully saturated rings. The molecule has 1 N–H and O–H groups in total. The van der Waals surface area contributed by atoms with Crippen LogP contribution in [0, 0.1) is 6.92 Å². The fraction of sp³-hybridized carbons (Fsp3) is 0.571. The van der Waals surface area contributed by atoms with Crippen LogP contribution in [0.15, 0.2) is 18.2 Å². The summed E-state index contributed by atoms with van der Waals surface area (Å²) in [7, 11) is 0. The number of rotatable bonds is 5. The molecular weight excluding hydrogens is 255 g/mol. The SMILES string of the molecule is CCCN(CC(F)(F)F)C(C)c1cc(C)ccc1O. The molecule has 1 rings (SSSR count). The number of hydrogen-bond donors (Lipinski definition) is 1. The summed E-state index contributed by atoms with van der Waals surface area (Å²) in [5.41, 5.74) is 1.46. The average molecular weight is 275 g/mol. The second kappa shape index (κ2) is 6.28. The maximum atomic E-state index is 12.6. The second-order valence-electron chi connectivity index (χ2n) is 4.82. The van der Waals surface area contributed by atoms with E-state index < -0.39 is 18.8 Å². The molecule has 108 valence electrons. The topological polar surface area (TPSA) is 23.5 Å². The number of aromatic hydroxyl groups is 1. The van der Waals surface area contributed by atoms with Crippen molar-refractivity contribution >= 4 is 0 Å². The molecule has 0 heterocycles. The summed E-state index contributed by atoms with van der Waals surface area (Å²) in [6.07, 6.45) is -3.60. The number of hydrogen-bond acceptors (Lipinski definition) is 2. The molecule has 1 atom stereocenters. The average Bonchev–Trinajstić information content (AvgIpc) is 2.29. The van der Waals surface area contributed by atoms with Crippen molar-refractivity contribution in [2.24, 2.45) is 0 Å². The quantitative estimate of drug-likeness (QED) is 0.876. The minimum atomic E-state index is -4.23. The summed E-state index contributed by atoms with van der Waals surface area (Å²) in [5, 5.41) is 9.81. The molecule has 0 saturated heterocycles. The zero-order valence-corrected chi connectivity index (χ0v) is 11.5. The van der Waals surface area contributed by atoms with Gasteiger partial charge in [-0.15, -0.1) is 0 Å². The second-order valence-corrected chi connectivity index (χ2v) is 4.82. The third kappa shape index (κ3) is 4.74. The Kier molecular flexibility index (Phi) is 5.23. The van der Waals surface area contributed by atoms with Gasteiger partial charge in [0.1, 0.15) is 5.75 Å². The van der Waals surface area contributed by atoms with Gasteiger partial charge in [-0.3, -0.25) is 4.90 Å². The molecule has 1 aromatic rings. The van der Waals surface area contributed by atoms with Crippen molar-refractivity contribution in [1.29, 1.82) is 0 Å². The molecule has 0 aromatic heterocycles. The Labute approximate surface area is 111 Å². The highest BCUT2D eigenvalue weighted by Gasteiger charge is 2.33. The molecule has 19 heavy (non-hydrogen) atoms. The number of benzene rings is 1. The van der Waals surface area contributed by atoms with Gasteiger partial charge in [-0.05, 0) is 32.9 Å². The first-order valence-electron chi connectivity index (χ1n) is 6.35. The molecule has 1 unspecified atom stereocenters. The Balaban J connectivity index is 2.98. The summed E-state index contributed by atoms with van der Waals surface area (Å²) < 4.78 is 37.7. The first-order valence-corrected chi connectivity index (χ1v) is 6.35. The smallest absolute Gasteiger partial charge is 0.401 e. The van der Waals surface area contributed by atoms with Crippen LogP contribution in [-0.2, 0) is 0 Å². The molecule has 0 bridgehead atoms. The highest BCUT2D eigenvalue weighted by molar-refractivity contribution is 5.37. The van der Waals surface area contributed by atoms with Gasteiger partial charge in [-0.2, -0.15) is 13.2 Å². The predicted molar refractivity (Wildman–Crippen MR) is 69.2 cm³/mol. The van der Waals surface area contributed by atoms with E-state index in [1.165, 1.54) is 11.0 Å². The third-order valence-corrected chi connectivity index (χ3v) is 3.07. The maximum Gasteiger partial charge on any atom is 0.401 e. The summed E-state index contributed by atoms with van der Waals surface area (Å²) >= 11 is 0. The highest BCUT2D eigenvalue weighted by atomic mass is 19.4. The lowest BCUT2D eigenvalue weighted by Crippen LogP contribution is -2.36.